The average molecular weight is 495 g/mol. The highest BCUT2D eigenvalue weighted by atomic mass is 16.3. The van der Waals surface area contributed by atoms with Crippen LogP contribution in [-0.4, -0.2) is 77.1 Å². The van der Waals surface area contributed by atoms with Gasteiger partial charge in [-0.25, -0.2) is 0 Å². The number of carbonyl (C=O) groups is 1. The summed E-state index contributed by atoms with van der Waals surface area (Å²) < 4.78 is 0. The van der Waals surface area contributed by atoms with Gasteiger partial charge in [0.2, 0.25) is 0 Å². The van der Waals surface area contributed by atoms with Crippen LogP contribution in [0.4, 0.5) is 0 Å². The van der Waals surface area contributed by atoms with E-state index in [0.29, 0.717) is 18.7 Å². The summed E-state index contributed by atoms with van der Waals surface area (Å²) in [5.74, 6) is -0.288. The molecule has 36 heavy (non-hydrogen) atoms. The van der Waals surface area contributed by atoms with E-state index in [0.717, 1.165) is 44.8 Å². The van der Waals surface area contributed by atoms with Crippen molar-refractivity contribution in [2.24, 2.45) is 0 Å². The molecular weight excluding hydrogens is 452 g/mol. The number of hydrogen-bond donors (Lipinski definition) is 3. The zero-order valence-electron chi connectivity index (χ0n) is 22.1. The van der Waals surface area contributed by atoms with Gasteiger partial charge in [0.25, 0.3) is 5.91 Å². The smallest absolute Gasteiger partial charge is 0.258 e. The van der Waals surface area contributed by atoms with Crippen molar-refractivity contribution in [1.29, 1.82) is 0 Å². The van der Waals surface area contributed by atoms with Crippen LogP contribution in [-0.2, 0) is 19.6 Å². The summed E-state index contributed by atoms with van der Waals surface area (Å²) in [4.78, 5) is 20.1. The fraction of sp³-hybridized carbons (Fsp3) is 0.552. The van der Waals surface area contributed by atoms with Crippen LogP contribution in [0.2, 0.25) is 0 Å². The first-order chi connectivity index (χ1) is 17.4. The van der Waals surface area contributed by atoms with Crippen molar-refractivity contribution in [3.8, 4) is 11.5 Å². The third-order valence-corrected chi connectivity index (χ3v) is 7.55. The first-order valence-corrected chi connectivity index (χ1v) is 13.4. The van der Waals surface area contributed by atoms with Crippen molar-refractivity contribution < 1.29 is 15.0 Å². The largest absolute Gasteiger partial charge is 0.508 e. The summed E-state index contributed by atoms with van der Waals surface area (Å²) in [7, 11) is 2.02. The minimum atomic E-state index is -0.200. The van der Waals surface area contributed by atoms with Gasteiger partial charge in [-0.1, -0.05) is 38.5 Å². The van der Waals surface area contributed by atoms with Crippen LogP contribution in [0.25, 0.3) is 0 Å². The molecule has 0 unspecified atom stereocenters. The zero-order chi connectivity index (χ0) is 25.7. The summed E-state index contributed by atoms with van der Waals surface area (Å²) in [6, 6.07) is 9.50. The van der Waals surface area contributed by atoms with E-state index in [2.05, 4.69) is 33.3 Å². The minimum Gasteiger partial charge on any atom is -0.508 e. The molecule has 2 aromatic carbocycles. The van der Waals surface area contributed by atoms with E-state index in [1.165, 1.54) is 43.0 Å². The molecule has 1 fully saturated rings. The van der Waals surface area contributed by atoms with Crippen LogP contribution in [0.3, 0.4) is 0 Å². The number of phenolic OH excluding ortho intramolecular Hbond substituents is 2. The highest BCUT2D eigenvalue weighted by molar-refractivity contribution is 5.97. The van der Waals surface area contributed by atoms with Crippen molar-refractivity contribution >= 4 is 5.91 Å². The fourth-order valence-electron chi connectivity index (χ4n) is 5.33. The molecule has 7 nitrogen and oxygen atoms in total. The Morgan fingerprint density at radius 1 is 0.917 bits per heavy atom. The monoisotopic (exact) mass is 494 g/mol. The molecule has 1 amide bonds. The van der Waals surface area contributed by atoms with Crippen LogP contribution in [0.5, 0.6) is 11.5 Å². The van der Waals surface area contributed by atoms with Gasteiger partial charge in [0.05, 0.1) is 5.56 Å². The van der Waals surface area contributed by atoms with Crippen molar-refractivity contribution in [3.63, 3.8) is 0 Å². The Kier molecular flexibility index (Phi) is 8.88. The maximum Gasteiger partial charge on any atom is 0.258 e. The number of fused-ring (bicyclic) bond motifs is 1. The summed E-state index contributed by atoms with van der Waals surface area (Å²) in [6.07, 6.45) is 3.83. The van der Waals surface area contributed by atoms with E-state index in [4.69, 9.17) is 0 Å². The lowest BCUT2D eigenvalue weighted by Crippen LogP contribution is -2.46. The Hall–Kier alpha value is -2.61. The third kappa shape index (κ3) is 6.38. The molecule has 0 spiro atoms. The van der Waals surface area contributed by atoms with E-state index in [-0.39, 0.29) is 28.9 Å². The highest BCUT2D eigenvalue weighted by Gasteiger charge is 2.27. The molecule has 2 aromatic rings. The van der Waals surface area contributed by atoms with E-state index in [1.54, 1.807) is 11.0 Å². The quantitative estimate of drug-likeness (QED) is 0.435. The number of piperazine rings is 1. The maximum absolute atomic E-state index is 13.3. The third-order valence-electron chi connectivity index (χ3n) is 7.55. The molecule has 0 radical (unpaired) electrons. The molecule has 4 rings (SSSR count). The number of amides is 1. The van der Waals surface area contributed by atoms with E-state index in [9.17, 15) is 15.0 Å². The van der Waals surface area contributed by atoms with Gasteiger partial charge in [0.1, 0.15) is 11.5 Å². The molecule has 0 atom stereocenters. The Labute approximate surface area is 215 Å². The minimum absolute atomic E-state index is 0.0266. The number of aromatic hydroxyl groups is 2. The Morgan fingerprint density at radius 3 is 2.36 bits per heavy atom. The van der Waals surface area contributed by atoms with Gasteiger partial charge in [0.15, 0.2) is 0 Å². The molecule has 2 heterocycles. The molecule has 0 saturated carbocycles. The molecule has 7 heteroatoms. The van der Waals surface area contributed by atoms with Gasteiger partial charge < -0.3 is 25.3 Å². The standard InChI is InChI=1S/C29H42N4O3/c1-21(2)25-16-26(28(35)17-27(25)34)29(36)33-19-23-8-7-22(15-24(23)20-33)18-32-13-11-31(12-14-32)10-6-4-5-9-30-3/h7-8,15-17,21,30,34-35H,4-6,9-14,18-20H2,1-3H3. The molecule has 1 saturated heterocycles. The van der Waals surface area contributed by atoms with E-state index >= 15 is 0 Å². The van der Waals surface area contributed by atoms with Crippen molar-refractivity contribution in [2.75, 3.05) is 46.3 Å². The lowest BCUT2D eigenvalue weighted by molar-refractivity contribution is 0.0748. The van der Waals surface area contributed by atoms with Gasteiger partial charge >= 0.3 is 0 Å². The summed E-state index contributed by atoms with van der Waals surface area (Å²) >= 11 is 0. The fourth-order valence-corrected chi connectivity index (χ4v) is 5.33. The first kappa shape index (κ1) is 26.5. The summed E-state index contributed by atoms with van der Waals surface area (Å²) in [5.41, 5.74) is 4.56. The van der Waals surface area contributed by atoms with Crippen molar-refractivity contribution in [3.05, 3.63) is 58.1 Å². The number of hydrogen-bond acceptors (Lipinski definition) is 6. The predicted molar refractivity (Wildman–Crippen MR) is 143 cm³/mol. The van der Waals surface area contributed by atoms with Crippen LogP contribution in [0, 0.1) is 0 Å². The lowest BCUT2D eigenvalue weighted by Gasteiger charge is -2.34. The van der Waals surface area contributed by atoms with Gasteiger partial charge in [-0.2, -0.15) is 0 Å². The number of phenols is 2. The topological polar surface area (TPSA) is 79.3 Å². The second kappa shape index (κ2) is 12.1. The molecule has 196 valence electrons. The van der Waals surface area contributed by atoms with Gasteiger partial charge in [-0.3, -0.25) is 9.69 Å². The zero-order valence-corrected chi connectivity index (χ0v) is 22.1. The first-order valence-electron chi connectivity index (χ1n) is 13.4. The number of benzene rings is 2. The van der Waals surface area contributed by atoms with Crippen LogP contribution in [0.15, 0.2) is 30.3 Å². The second-order valence-electron chi connectivity index (χ2n) is 10.6. The average Bonchev–Trinajstić information content (AvgIpc) is 3.28. The van der Waals surface area contributed by atoms with E-state index < -0.39 is 0 Å². The van der Waals surface area contributed by atoms with Crippen molar-refractivity contribution in [2.45, 2.75) is 58.7 Å². The maximum atomic E-state index is 13.3. The van der Waals surface area contributed by atoms with Crippen LogP contribution in [0.1, 0.15) is 71.6 Å². The molecule has 0 bridgehead atoms. The SMILES string of the molecule is CNCCCCCN1CCN(Cc2ccc3c(c2)CN(C(=O)c2cc(C(C)C)c(O)cc2O)C3)CC1. The lowest BCUT2D eigenvalue weighted by atomic mass is 9.98. The molecular formula is C29H42N4O3. The van der Waals surface area contributed by atoms with E-state index in [1.807, 2.05) is 20.9 Å². The Bertz CT molecular complexity index is 1050. The van der Waals surface area contributed by atoms with Crippen molar-refractivity contribution in [1.82, 2.24) is 20.0 Å². The normalized spacial score (nSPS) is 16.6. The Balaban J connectivity index is 1.31. The summed E-state index contributed by atoms with van der Waals surface area (Å²) in [6.45, 7) is 12.7. The number of carbonyl (C=O) groups excluding carboxylic acids is 1. The Morgan fingerprint density at radius 2 is 1.64 bits per heavy atom. The molecule has 2 aliphatic rings. The highest BCUT2D eigenvalue weighted by Crippen LogP contribution is 2.34. The van der Waals surface area contributed by atoms with Crippen LogP contribution >= 0.6 is 0 Å². The number of unbranched alkanes of at least 4 members (excludes halogenated alkanes) is 2. The summed E-state index contributed by atoms with van der Waals surface area (Å²) in [5, 5.41) is 23.7. The van der Waals surface area contributed by atoms with Gasteiger partial charge in [0, 0.05) is 51.9 Å². The number of nitrogens with one attached hydrogen (secondary N) is 1. The number of nitrogens with zero attached hydrogens (tertiary/aromatic N) is 3. The molecule has 0 aliphatic carbocycles. The molecule has 3 N–H and O–H groups in total. The van der Waals surface area contributed by atoms with Gasteiger partial charge in [-0.15, -0.1) is 0 Å². The second-order valence-corrected chi connectivity index (χ2v) is 10.6. The number of rotatable bonds is 10. The molecule has 2 aliphatic heterocycles. The molecule has 0 aromatic heterocycles. The van der Waals surface area contributed by atoms with Crippen LogP contribution < -0.4 is 5.32 Å². The predicted octanol–water partition coefficient (Wildman–Crippen LogP) is 3.88. The van der Waals surface area contributed by atoms with Gasteiger partial charge in [-0.05, 0) is 67.2 Å².